The van der Waals surface area contributed by atoms with Crippen LogP contribution in [0.15, 0.2) is 12.2 Å². The second kappa shape index (κ2) is 6.08. The highest BCUT2D eigenvalue weighted by atomic mass is 16.2. The molecule has 2 aliphatic rings. The molecule has 1 heterocycles. The Morgan fingerprint density at radius 2 is 1.55 bits per heavy atom. The molecule has 2 amide bonds. The van der Waals surface area contributed by atoms with E-state index in [0.29, 0.717) is 12.5 Å². The van der Waals surface area contributed by atoms with Crippen LogP contribution < -0.4 is 5.32 Å². The molecular weight excluding hydrogens is 252 g/mol. The summed E-state index contributed by atoms with van der Waals surface area (Å²) < 4.78 is 0. The molecule has 1 aliphatic heterocycles. The van der Waals surface area contributed by atoms with Gasteiger partial charge in [-0.1, -0.05) is 0 Å². The lowest BCUT2D eigenvalue weighted by Gasteiger charge is -2.32. The molecule has 0 unspecified atom stereocenters. The Balaban J connectivity index is 1.72. The number of nitrogens with one attached hydrogen (secondary N) is 1. The second-order valence-corrected chi connectivity index (χ2v) is 7.14. The van der Waals surface area contributed by atoms with E-state index >= 15 is 0 Å². The summed E-state index contributed by atoms with van der Waals surface area (Å²) in [5.74, 6) is 0.917. The Morgan fingerprint density at radius 1 is 1.05 bits per heavy atom. The summed E-state index contributed by atoms with van der Waals surface area (Å²) >= 11 is 0. The quantitative estimate of drug-likeness (QED) is 0.801. The maximum absolute atomic E-state index is 11.5. The Morgan fingerprint density at radius 3 is 2.05 bits per heavy atom. The molecule has 0 aromatic heterocycles. The zero-order valence-corrected chi connectivity index (χ0v) is 12.8. The molecule has 0 bridgehead atoms. The van der Waals surface area contributed by atoms with Crippen molar-refractivity contribution >= 4 is 11.8 Å². The van der Waals surface area contributed by atoms with Crippen LogP contribution in [0.2, 0.25) is 0 Å². The van der Waals surface area contributed by atoms with E-state index in [1.54, 1.807) is 0 Å². The van der Waals surface area contributed by atoms with Crippen molar-refractivity contribution in [2.45, 2.75) is 52.0 Å². The summed E-state index contributed by atoms with van der Waals surface area (Å²) in [5, 5.41) is 3.57. The van der Waals surface area contributed by atoms with Crippen LogP contribution in [-0.2, 0) is 9.59 Å². The van der Waals surface area contributed by atoms with Gasteiger partial charge in [0.25, 0.3) is 11.8 Å². The van der Waals surface area contributed by atoms with Gasteiger partial charge in [0.05, 0.1) is 0 Å². The van der Waals surface area contributed by atoms with E-state index in [2.05, 4.69) is 26.1 Å². The predicted molar refractivity (Wildman–Crippen MR) is 79.1 cm³/mol. The third kappa shape index (κ3) is 4.17. The molecule has 4 nitrogen and oxygen atoms in total. The average molecular weight is 278 g/mol. The van der Waals surface area contributed by atoms with Gasteiger partial charge in [-0.2, -0.15) is 0 Å². The van der Waals surface area contributed by atoms with E-state index in [9.17, 15) is 9.59 Å². The standard InChI is InChI=1S/C16H26N2O2/c1-16(2,3)17-10-12-4-6-13(7-5-12)11-18-14(19)8-9-15(18)20/h8-9,12-13,17H,4-7,10-11H2,1-3H3. The number of hydrogen-bond donors (Lipinski definition) is 1. The molecule has 1 N–H and O–H groups in total. The van der Waals surface area contributed by atoms with Crippen LogP contribution >= 0.6 is 0 Å². The molecule has 112 valence electrons. The minimum atomic E-state index is -0.147. The Hall–Kier alpha value is -1.16. The molecule has 1 saturated carbocycles. The number of nitrogens with zero attached hydrogens (tertiary/aromatic N) is 1. The van der Waals surface area contributed by atoms with Crippen LogP contribution in [0.5, 0.6) is 0 Å². The minimum Gasteiger partial charge on any atom is -0.312 e. The number of hydrogen-bond acceptors (Lipinski definition) is 3. The number of amides is 2. The largest absolute Gasteiger partial charge is 0.312 e. The van der Waals surface area contributed by atoms with Crippen molar-refractivity contribution in [3.63, 3.8) is 0 Å². The molecule has 1 fully saturated rings. The molecule has 1 aliphatic carbocycles. The van der Waals surface area contributed by atoms with Gasteiger partial charge in [0.2, 0.25) is 0 Å². The smallest absolute Gasteiger partial charge is 0.253 e. The van der Waals surface area contributed by atoms with Gasteiger partial charge in [-0.3, -0.25) is 14.5 Å². The Labute approximate surface area is 121 Å². The van der Waals surface area contributed by atoms with E-state index in [4.69, 9.17) is 0 Å². The van der Waals surface area contributed by atoms with Crippen molar-refractivity contribution in [1.29, 1.82) is 0 Å². The van der Waals surface area contributed by atoms with Crippen LogP contribution in [0, 0.1) is 11.8 Å². The van der Waals surface area contributed by atoms with Crippen molar-refractivity contribution in [1.82, 2.24) is 10.2 Å². The molecule has 0 atom stereocenters. The maximum Gasteiger partial charge on any atom is 0.253 e. The van der Waals surface area contributed by atoms with Crippen molar-refractivity contribution in [3.05, 3.63) is 12.2 Å². The van der Waals surface area contributed by atoms with Crippen molar-refractivity contribution in [3.8, 4) is 0 Å². The number of imide groups is 1. The van der Waals surface area contributed by atoms with Crippen molar-refractivity contribution in [2.24, 2.45) is 11.8 Å². The molecule has 0 aromatic carbocycles. The van der Waals surface area contributed by atoms with E-state index in [0.717, 1.165) is 25.3 Å². The van der Waals surface area contributed by atoms with Gasteiger partial charge in [-0.25, -0.2) is 0 Å². The zero-order chi connectivity index (χ0) is 14.8. The first kappa shape index (κ1) is 15.2. The van der Waals surface area contributed by atoms with Crippen LogP contribution in [0.25, 0.3) is 0 Å². The fraction of sp³-hybridized carbons (Fsp3) is 0.750. The molecule has 20 heavy (non-hydrogen) atoms. The van der Waals surface area contributed by atoms with Gasteiger partial charge in [0.15, 0.2) is 0 Å². The average Bonchev–Trinajstić information content (AvgIpc) is 2.69. The second-order valence-electron chi connectivity index (χ2n) is 7.14. The van der Waals surface area contributed by atoms with E-state index < -0.39 is 0 Å². The van der Waals surface area contributed by atoms with Crippen LogP contribution in [0.3, 0.4) is 0 Å². The zero-order valence-electron chi connectivity index (χ0n) is 12.8. The van der Waals surface area contributed by atoms with Gasteiger partial charge in [0, 0.05) is 24.2 Å². The molecule has 2 rings (SSSR count). The summed E-state index contributed by atoms with van der Waals surface area (Å²) in [6, 6.07) is 0. The topological polar surface area (TPSA) is 49.4 Å². The third-order valence-corrected chi connectivity index (χ3v) is 4.23. The monoisotopic (exact) mass is 278 g/mol. The fourth-order valence-corrected chi connectivity index (χ4v) is 2.94. The first-order valence-corrected chi connectivity index (χ1v) is 7.64. The number of rotatable bonds is 4. The third-order valence-electron chi connectivity index (χ3n) is 4.23. The first-order valence-electron chi connectivity index (χ1n) is 7.64. The molecule has 0 spiro atoms. The SMILES string of the molecule is CC(C)(C)NCC1CCC(CN2C(=O)C=CC2=O)CC1. The lowest BCUT2D eigenvalue weighted by molar-refractivity contribution is -0.137. The van der Waals surface area contributed by atoms with E-state index in [-0.39, 0.29) is 17.4 Å². The molecule has 0 saturated heterocycles. The highest BCUT2D eigenvalue weighted by Crippen LogP contribution is 2.29. The Kier molecular flexibility index (Phi) is 4.63. The van der Waals surface area contributed by atoms with Gasteiger partial charge in [-0.15, -0.1) is 0 Å². The first-order chi connectivity index (χ1) is 9.35. The van der Waals surface area contributed by atoms with Gasteiger partial charge < -0.3 is 5.32 Å². The van der Waals surface area contributed by atoms with Gasteiger partial charge >= 0.3 is 0 Å². The molecule has 0 aromatic rings. The van der Waals surface area contributed by atoms with Crippen LogP contribution in [-0.4, -0.2) is 35.3 Å². The molecule has 4 heteroatoms. The van der Waals surface area contributed by atoms with Crippen molar-refractivity contribution in [2.75, 3.05) is 13.1 Å². The number of carbonyl (C=O) groups is 2. The normalized spacial score (nSPS) is 27.4. The molecular formula is C16H26N2O2. The molecule has 0 radical (unpaired) electrons. The summed E-state index contributed by atoms with van der Waals surface area (Å²) in [6.07, 6.45) is 7.37. The predicted octanol–water partition coefficient (Wildman–Crippen LogP) is 2.11. The highest BCUT2D eigenvalue weighted by Gasteiger charge is 2.29. The number of carbonyl (C=O) groups excluding carboxylic acids is 2. The van der Waals surface area contributed by atoms with Gasteiger partial charge in [0.1, 0.15) is 0 Å². The summed E-state index contributed by atoms with van der Waals surface area (Å²) in [4.78, 5) is 24.5. The van der Waals surface area contributed by atoms with Crippen molar-refractivity contribution < 1.29 is 9.59 Å². The highest BCUT2D eigenvalue weighted by molar-refractivity contribution is 6.12. The fourth-order valence-electron chi connectivity index (χ4n) is 2.94. The lowest BCUT2D eigenvalue weighted by atomic mass is 9.81. The summed E-state index contributed by atoms with van der Waals surface area (Å²) in [7, 11) is 0. The summed E-state index contributed by atoms with van der Waals surface area (Å²) in [5.41, 5.74) is 0.177. The van der Waals surface area contributed by atoms with Gasteiger partial charge in [-0.05, 0) is 64.8 Å². The minimum absolute atomic E-state index is 0.147. The van der Waals surface area contributed by atoms with E-state index in [1.165, 1.54) is 29.9 Å². The Bertz CT molecular complexity index is 383. The lowest BCUT2D eigenvalue weighted by Crippen LogP contribution is -2.41. The van der Waals surface area contributed by atoms with Crippen LogP contribution in [0.4, 0.5) is 0 Å². The van der Waals surface area contributed by atoms with Crippen LogP contribution in [0.1, 0.15) is 46.5 Å². The van der Waals surface area contributed by atoms with E-state index in [1.807, 2.05) is 0 Å². The summed E-state index contributed by atoms with van der Waals surface area (Å²) in [6.45, 7) is 8.24. The maximum atomic E-state index is 11.5.